The second-order valence-electron chi connectivity index (χ2n) is 4.45. The van der Waals surface area contributed by atoms with E-state index in [1.54, 1.807) is 0 Å². The fraction of sp³-hybridized carbons (Fsp3) is 0.417. The van der Waals surface area contributed by atoms with Crippen molar-refractivity contribution in [2.75, 3.05) is 0 Å². The first kappa shape index (κ1) is 11.3. The SMILES string of the molecule is OCc1nc2ccccc2n1CC1CC1(Cl)Cl. The van der Waals surface area contributed by atoms with Crippen LogP contribution < -0.4 is 0 Å². The van der Waals surface area contributed by atoms with Crippen molar-refractivity contribution in [3.05, 3.63) is 30.1 Å². The number of para-hydroxylation sites is 2. The van der Waals surface area contributed by atoms with E-state index < -0.39 is 4.33 Å². The maximum absolute atomic E-state index is 9.33. The number of alkyl halides is 2. The highest BCUT2D eigenvalue weighted by molar-refractivity contribution is 6.50. The van der Waals surface area contributed by atoms with Crippen molar-refractivity contribution in [1.82, 2.24) is 9.55 Å². The highest BCUT2D eigenvalue weighted by Gasteiger charge is 2.51. The molecule has 1 N–H and O–H groups in total. The maximum atomic E-state index is 9.33. The van der Waals surface area contributed by atoms with E-state index in [4.69, 9.17) is 23.2 Å². The number of imidazole rings is 1. The zero-order valence-electron chi connectivity index (χ0n) is 9.11. The first-order chi connectivity index (χ1) is 8.12. The lowest BCUT2D eigenvalue weighted by molar-refractivity contribution is 0.265. The van der Waals surface area contributed by atoms with Crippen LogP contribution in [0, 0.1) is 5.92 Å². The molecule has 17 heavy (non-hydrogen) atoms. The van der Waals surface area contributed by atoms with Gasteiger partial charge in [-0.3, -0.25) is 0 Å². The van der Waals surface area contributed by atoms with Crippen LogP contribution in [0.2, 0.25) is 0 Å². The van der Waals surface area contributed by atoms with Crippen LogP contribution in [-0.4, -0.2) is 19.0 Å². The summed E-state index contributed by atoms with van der Waals surface area (Å²) in [5, 5.41) is 9.33. The molecule has 3 rings (SSSR count). The summed E-state index contributed by atoms with van der Waals surface area (Å²) in [5.74, 6) is 0.913. The van der Waals surface area contributed by atoms with Gasteiger partial charge >= 0.3 is 0 Å². The van der Waals surface area contributed by atoms with Crippen LogP contribution in [0.1, 0.15) is 12.2 Å². The smallest absolute Gasteiger partial charge is 0.135 e. The van der Waals surface area contributed by atoms with Crippen molar-refractivity contribution < 1.29 is 5.11 Å². The van der Waals surface area contributed by atoms with Crippen molar-refractivity contribution in [1.29, 1.82) is 0 Å². The Bertz CT molecular complexity index is 565. The van der Waals surface area contributed by atoms with Gasteiger partial charge in [0.05, 0.1) is 11.0 Å². The van der Waals surface area contributed by atoms with Crippen molar-refractivity contribution >= 4 is 34.2 Å². The van der Waals surface area contributed by atoms with Crippen molar-refractivity contribution in [2.45, 2.75) is 23.9 Å². The predicted octanol–water partition coefficient (Wildman–Crippen LogP) is 2.72. The fourth-order valence-corrected chi connectivity index (χ4v) is 2.65. The third-order valence-corrected chi connectivity index (χ3v) is 4.16. The van der Waals surface area contributed by atoms with Crippen molar-refractivity contribution in [2.24, 2.45) is 5.92 Å². The molecule has 1 heterocycles. The monoisotopic (exact) mass is 270 g/mol. The van der Waals surface area contributed by atoms with Crippen LogP contribution in [0.3, 0.4) is 0 Å². The minimum absolute atomic E-state index is 0.0705. The van der Waals surface area contributed by atoms with Crippen LogP contribution in [0.4, 0.5) is 0 Å². The van der Waals surface area contributed by atoms with E-state index in [9.17, 15) is 5.11 Å². The Hall–Kier alpha value is -0.770. The van der Waals surface area contributed by atoms with Crippen LogP contribution in [0.15, 0.2) is 24.3 Å². The lowest BCUT2D eigenvalue weighted by atomic mass is 10.3. The average Bonchev–Trinajstić information content (AvgIpc) is 2.76. The average molecular weight is 271 g/mol. The summed E-state index contributed by atoms with van der Waals surface area (Å²) in [7, 11) is 0. The molecular weight excluding hydrogens is 259 g/mol. The summed E-state index contributed by atoms with van der Waals surface area (Å²) in [6, 6.07) is 7.83. The predicted molar refractivity (Wildman–Crippen MR) is 68.2 cm³/mol. The zero-order chi connectivity index (χ0) is 12.0. The molecule has 5 heteroatoms. The quantitative estimate of drug-likeness (QED) is 0.872. The van der Waals surface area contributed by atoms with Gasteiger partial charge < -0.3 is 9.67 Å². The normalized spacial score (nSPS) is 21.9. The summed E-state index contributed by atoms with van der Waals surface area (Å²) in [6.45, 7) is 0.641. The number of hydrogen-bond donors (Lipinski definition) is 1. The molecule has 0 amide bonds. The third kappa shape index (κ3) is 1.92. The molecule has 1 aliphatic rings. The topological polar surface area (TPSA) is 38.1 Å². The van der Waals surface area contributed by atoms with Gasteiger partial charge in [0, 0.05) is 12.5 Å². The number of aliphatic hydroxyl groups is 1. The molecule has 1 aromatic carbocycles. The van der Waals surface area contributed by atoms with Crippen molar-refractivity contribution in [3.8, 4) is 0 Å². The Kier molecular flexibility index (Phi) is 2.58. The van der Waals surface area contributed by atoms with Gasteiger partial charge in [-0.1, -0.05) is 12.1 Å². The second-order valence-corrected chi connectivity index (χ2v) is 5.99. The van der Waals surface area contributed by atoms with Crippen LogP contribution in [-0.2, 0) is 13.2 Å². The number of fused-ring (bicyclic) bond motifs is 1. The number of nitrogens with zero attached hydrogens (tertiary/aromatic N) is 2. The molecule has 0 aliphatic heterocycles. The highest BCUT2D eigenvalue weighted by Crippen LogP contribution is 2.54. The number of aromatic nitrogens is 2. The molecule has 0 radical (unpaired) electrons. The van der Waals surface area contributed by atoms with Crippen molar-refractivity contribution in [3.63, 3.8) is 0 Å². The van der Waals surface area contributed by atoms with E-state index in [1.165, 1.54) is 0 Å². The van der Waals surface area contributed by atoms with E-state index in [2.05, 4.69) is 4.98 Å². The van der Waals surface area contributed by atoms with E-state index >= 15 is 0 Å². The Morgan fingerprint density at radius 1 is 1.41 bits per heavy atom. The number of benzene rings is 1. The first-order valence-corrected chi connectivity index (χ1v) is 6.30. The molecule has 3 nitrogen and oxygen atoms in total. The van der Waals surface area contributed by atoms with Gasteiger partial charge in [-0.25, -0.2) is 4.98 Å². The minimum Gasteiger partial charge on any atom is -0.388 e. The fourth-order valence-electron chi connectivity index (χ4n) is 2.14. The van der Waals surface area contributed by atoms with Gasteiger partial charge in [0.25, 0.3) is 0 Å². The molecule has 1 saturated carbocycles. The molecule has 1 unspecified atom stereocenters. The van der Waals surface area contributed by atoms with E-state index in [0.29, 0.717) is 12.4 Å². The first-order valence-electron chi connectivity index (χ1n) is 5.54. The van der Waals surface area contributed by atoms with Gasteiger partial charge in [0.15, 0.2) is 0 Å². The lowest BCUT2D eigenvalue weighted by Gasteiger charge is -2.07. The summed E-state index contributed by atoms with van der Waals surface area (Å²) in [5.41, 5.74) is 1.92. The lowest BCUT2D eigenvalue weighted by Crippen LogP contribution is -2.08. The highest BCUT2D eigenvalue weighted by atomic mass is 35.5. The molecule has 2 aromatic rings. The maximum Gasteiger partial charge on any atom is 0.135 e. The Morgan fingerprint density at radius 2 is 2.12 bits per heavy atom. The van der Waals surface area contributed by atoms with Crippen LogP contribution in [0.5, 0.6) is 0 Å². The van der Waals surface area contributed by atoms with Gasteiger partial charge in [0.1, 0.15) is 16.8 Å². The number of rotatable bonds is 3. The third-order valence-electron chi connectivity index (χ3n) is 3.23. The molecular formula is C12H12Cl2N2O. The van der Waals surface area contributed by atoms with Crippen LogP contribution >= 0.6 is 23.2 Å². The summed E-state index contributed by atoms with van der Waals surface area (Å²) < 4.78 is 1.41. The molecule has 1 fully saturated rings. The van der Waals surface area contributed by atoms with Gasteiger partial charge in [-0.15, -0.1) is 23.2 Å². The number of aliphatic hydroxyl groups excluding tert-OH is 1. The standard InChI is InChI=1S/C12H12Cl2N2O/c13-12(14)5-8(12)6-16-10-4-2-1-3-9(10)15-11(16)7-17/h1-4,8,17H,5-7H2. The number of halogens is 2. The zero-order valence-corrected chi connectivity index (χ0v) is 10.6. The Labute approximate surface area is 109 Å². The van der Waals surface area contributed by atoms with Gasteiger partial charge in [0.2, 0.25) is 0 Å². The molecule has 1 aromatic heterocycles. The summed E-state index contributed by atoms with van der Waals surface area (Å²) in [6.07, 6.45) is 0.799. The van der Waals surface area contributed by atoms with E-state index in [-0.39, 0.29) is 12.5 Å². The molecule has 90 valence electrons. The van der Waals surface area contributed by atoms with E-state index in [0.717, 1.165) is 17.5 Å². The number of hydrogen-bond acceptors (Lipinski definition) is 2. The molecule has 1 atom stereocenters. The second kappa shape index (κ2) is 3.87. The van der Waals surface area contributed by atoms with Crippen LogP contribution in [0.25, 0.3) is 11.0 Å². The van der Waals surface area contributed by atoms with Gasteiger partial charge in [-0.05, 0) is 18.6 Å². The Morgan fingerprint density at radius 3 is 2.76 bits per heavy atom. The largest absolute Gasteiger partial charge is 0.388 e. The van der Waals surface area contributed by atoms with E-state index in [1.807, 2.05) is 28.8 Å². The summed E-state index contributed by atoms with van der Waals surface area (Å²) in [4.78, 5) is 4.39. The molecule has 0 bridgehead atoms. The molecule has 0 saturated heterocycles. The molecule has 0 spiro atoms. The summed E-state index contributed by atoms with van der Waals surface area (Å²) >= 11 is 12.1. The minimum atomic E-state index is -0.599. The van der Waals surface area contributed by atoms with Gasteiger partial charge in [-0.2, -0.15) is 0 Å². The Balaban J connectivity index is 2.01. The molecule has 1 aliphatic carbocycles.